The summed E-state index contributed by atoms with van der Waals surface area (Å²) in [6, 6.07) is 8.76. The molecule has 0 aliphatic carbocycles. The summed E-state index contributed by atoms with van der Waals surface area (Å²) >= 11 is 0. The van der Waals surface area contributed by atoms with Crippen molar-refractivity contribution in [3.63, 3.8) is 0 Å². The van der Waals surface area contributed by atoms with E-state index in [1.165, 1.54) is 17.7 Å². The molecule has 0 saturated heterocycles. The lowest BCUT2D eigenvalue weighted by atomic mass is 9.93. The molecule has 0 spiro atoms. The van der Waals surface area contributed by atoms with Crippen LogP contribution >= 0.6 is 0 Å². The molecule has 0 saturated carbocycles. The van der Waals surface area contributed by atoms with E-state index in [1.807, 2.05) is 19.9 Å². The van der Waals surface area contributed by atoms with Gasteiger partial charge in [0, 0.05) is 40.9 Å². The number of carbonyl (C=O) groups is 3. The van der Waals surface area contributed by atoms with Crippen molar-refractivity contribution in [3.8, 4) is 5.75 Å². The molecule has 0 radical (unpaired) electrons. The molecule has 2 aromatic rings. The standard InChI is InChI=1S/C20H19NO5.C4H10.C2H6/c1-3-17(22)26-12-6-11-25-16-10-9-15-18-13(16)7-5-8-14(18)19(23)21(4-2)20(15)24;1-3-4-2;1-2/h3,5,7-10H,1,4,6,11-12H2,2H3;3-4H2,1-2H3;1-2H3. The van der Waals surface area contributed by atoms with Gasteiger partial charge in [-0.25, -0.2) is 4.79 Å². The van der Waals surface area contributed by atoms with Crippen molar-refractivity contribution in [2.45, 2.75) is 53.9 Å². The van der Waals surface area contributed by atoms with Crippen LogP contribution in [-0.4, -0.2) is 42.4 Å². The minimum absolute atomic E-state index is 0.231. The van der Waals surface area contributed by atoms with Crippen molar-refractivity contribution in [2.24, 2.45) is 0 Å². The molecule has 0 aromatic heterocycles. The Labute approximate surface area is 191 Å². The molecule has 3 rings (SSSR count). The fourth-order valence-electron chi connectivity index (χ4n) is 3.01. The zero-order valence-electron chi connectivity index (χ0n) is 19.9. The van der Waals surface area contributed by atoms with Crippen LogP contribution in [0.4, 0.5) is 0 Å². The lowest BCUT2D eigenvalue weighted by molar-refractivity contribution is -0.137. The van der Waals surface area contributed by atoms with Crippen LogP contribution in [0, 0.1) is 0 Å². The number of carbonyl (C=O) groups excluding carboxylic acids is 3. The molecule has 1 aliphatic heterocycles. The monoisotopic (exact) mass is 441 g/mol. The van der Waals surface area contributed by atoms with E-state index in [1.54, 1.807) is 31.2 Å². The predicted octanol–water partition coefficient (Wildman–Crippen LogP) is 5.79. The van der Waals surface area contributed by atoms with Crippen molar-refractivity contribution >= 4 is 28.6 Å². The highest BCUT2D eigenvalue weighted by Gasteiger charge is 2.32. The quantitative estimate of drug-likeness (QED) is 0.224. The van der Waals surface area contributed by atoms with Gasteiger partial charge in [0.1, 0.15) is 5.75 Å². The molecule has 1 heterocycles. The Morgan fingerprint density at radius 3 is 2.16 bits per heavy atom. The summed E-state index contributed by atoms with van der Waals surface area (Å²) in [5.74, 6) is -0.455. The highest BCUT2D eigenvalue weighted by Crippen LogP contribution is 2.35. The predicted molar refractivity (Wildman–Crippen MR) is 128 cm³/mol. The largest absolute Gasteiger partial charge is 0.493 e. The van der Waals surface area contributed by atoms with Crippen molar-refractivity contribution in [1.29, 1.82) is 0 Å². The zero-order chi connectivity index (χ0) is 24.1. The van der Waals surface area contributed by atoms with E-state index >= 15 is 0 Å². The van der Waals surface area contributed by atoms with Crippen LogP contribution in [0.3, 0.4) is 0 Å². The smallest absolute Gasteiger partial charge is 0.330 e. The molecule has 2 aromatic carbocycles. The van der Waals surface area contributed by atoms with Crippen LogP contribution in [0.1, 0.15) is 74.6 Å². The molecule has 32 heavy (non-hydrogen) atoms. The number of unbranched alkanes of at least 4 members (excludes halogenated alkanes) is 1. The zero-order valence-corrected chi connectivity index (χ0v) is 19.9. The minimum atomic E-state index is -0.468. The third-order valence-electron chi connectivity index (χ3n) is 4.73. The van der Waals surface area contributed by atoms with Crippen LogP contribution < -0.4 is 4.74 Å². The topological polar surface area (TPSA) is 72.9 Å². The fourth-order valence-corrected chi connectivity index (χ4v) is 3.01. The van der Waals surface area contributed by atoms with Crippen LogP contribution in [-0.2, 0) is 9.53 Å². The van der Waals surface area contributed by atoms with Crippen LogP contribution in [0.25, 0.3) is 10.8 Å². The number of benzene rings is 2. The SMILES string of the molecule is C=CC(=O)OCCCOc1ccc2c3c(cccc13)C(=O)N(CC)C2=O.CC.CCCC. The molecule has 0 bridgehead atoms. The lowest BCUT2D eigenvalue weighted by Crippen LogP contribution is -2.40. The third-order valence-corrected chi connectivity index (χ3v) is 4.73. The highest BCUT2D eigenvalue weighted by molar-refractivity contribution is 6.26. The first kappa shape index (κ1) is 26.9. The number of nitrogens with zero attached hydrogens (tertiary/aromatic N) is 1. The van der Waals surface area contributed by atoms with Gasteiger partial charge >= 0.3 is 5.97 Å². The van der Waals surface area contributed by atoms with Gasteiger partial charge in [0.05, 0.1) is 13.2 Å². The summed E-state index contributed by atoms with van der Waals surface area (Å²) in [6.45, 7) is 14.4. The number of ether oxygens (including phenoxy) is 2. The maximum atomic E-state index is 12.6. The maximum Gasteiger partial charge on any atom is 0.330 e. The third kappa shape index (κ3) is 6.42. The first-order valence-electron chi connectivity index (χ1n) is 11.3. The number of hydrogen-bond donors (Lipinski definition) is 0. The minimum Gasteiger partial charge on any atom is -0.493 e. The van der Waals surface area contributed by atoms with Crippen LogP contribution in [0.15, 0.2) is 43.0 Å². The van der Waals surface area contributed by atoms with Gasteiger partial charge < -0.3 is 9.47 Å². The van der Waals surface area contributed by atoms with E-state index in [0.717, 1.165) is 11.5 Å². The summed E-state index contributed by atoms with van der Waals surface area (Å²) in [6.07, 6.45) is 4.27. The Morgan fingerprint density at radius 1 is 0.969 bits per heavy atom. The van der Waals surface area contributed by atoms with E-state index in [9.17, 15) is 14.4 Å². The first-order chi connectivity index (χ1) is 15.5. The summed E-state index contributed by atoms with van der Waals surface area (Å²) in [5, 5.41) is 1.35. The molecule has 1 aliphatic rings. The number of hydrogen-bond acceptors (Lipinski definition) is 5. The lowest BCUT2D eigenvalue weighted by Gasteiger charge is -2.26. The molecule has 2 amide bonds. The van der Waals surface area contributed by atoms with E-state index in [0.29, 0.717) is 41.8 Å². The average Bonchev–Trinajstić information content (AvgIpc) is 2.84. The van der Waals surface area contributed by atoms with Crippen molar-refractivity contribution in [1.82, 2.24) is 4.90 Å². The molecule has 0 atom stereocenters. The van der Waals surface area contributed by atoms with Gasteiger partial charge in [-0.05, 0) is 25.1 Å². The van der Waals surface area contributed by atoms with E-state index < -0.39 is 5.97 Å². The normalized spacial score (nSPS) is 11.7. The van der Waals surface area contributed by atoms with E-state index in [-0.39, 0.29) is 18.4 Å². The molecular weight excluding hydrogens is 406 g/mol. The Balaban J connectivity index is 0.000000769. The molecule has 174 valence electrons. The van der Waals surface area contributed by atoms with Gasteiger partial charge in [-0.2, -0.15) is 0 Å². The van der Waals surface area contributed by atoms with Crippen LogP contribution in [0.5, 0.6) is 5.75 Å². The number of esters is 1. The Morgan fingerprint density at radius 2 is 1.59 bits per heavy atom. The number of amides is 2. The van der Waals surface area contributed by atoms with Crippen molar-refractivity contribution in [2.75, 3.05) is 19.8 Å². The highest BCUT2D eigenvalue weighted by atomic mass is 16.5. The Hall–Kier alpha value is -3.15. The second kappa shape index (κ2) is 14.0. The molecular formula is C26H35NO5. The molecule has 6 nitrogen and oxygen atoms in total. The maximum absolute atomic E-state index is 12.6. The van der Waals surface area contributed by atoms with Gasteiger partial charge in [0.2, 0.25) is 0 Å². The summed E-state index contributed by atoms with van der Waals surface area (Å²) in [4.78, 5) is 37.4. The fraction of sp³-hybridized carbons (Fsp3) is 0.423. The van der Waals surface area contributed by atoms with E-state index in [4.69, 9.17) is 9.47 Å². The molecule has 0 N–H and O–H groups in total. The van der Waals surface area contributed by atoms with Gasteiger partial charge in [-0.1, -0.05) is 59.2 Å². The number of rotatable bonds is 8. The van der Waals surface area contributed by atoms with E-state index in [2.05, 4.69) is 20.4 Å². The van der Waals surface area contributed by atoms with Gasteiger partial charge in [-0.15, -0.1) is 0 Å². The Bertz CT molecular complexity index is 911. The summed E-state index contributed by atoms with van der Waals surface area (Å²) in [5.41, 5.74) is 1.01. The first-order valence-corrected chi connectivity index (χ1v) is 11.3. The van der Waals surface area contributed by atoms with Crippen molar-refractivity contribution in [3.05, 3.63) is 54.1 Å². The molecule has 6 heteroatoms. The van der Waals surface area contributed by atoms with Gasteiger partial charge in [0.15, 0.2) is 0 Å². The second-order valence-corrected chi connectivity index (χ2v) is 6.77. The van der Waals surface area contributed by atoms with Crippen LogP contribution in [0.2, 0.25) is 0 Å². The Kier molecular flexibility index (Phi) is 11.8. The van der Waals surface area contributed by atoms with Crippen molar-refractivity contribution < 1.29 is 23.9 Å². The summed E-state index contributed by atoms with van der Waals surface area (Å²) < 4.78 is 10.7. The number of imide groups is 1. The van der Waals surface area contributed by atoms with Gasteiger partial charge in [-0.3, -0.25) is 14.5 Å². The molecule has 0 fully saturated rings. The van der Waals surface area contributed by atoms with Gasteiger partial charge in [0.25, 0.3) is 11.8 Å². The average molecular weight is 442 g/mol. The second-order valence-electron chi connectivity index (χ2n) is 6.77. The summed E-state index contributed by atoms with van der Waals surface area (Å²) in [7, 11) is 0. The molecule has 0 unspecified atom stereocenters.